The lowest BCUT2D eigenvalue weighted by atomic mass is 9.92. The van der Waals surface area contributed by atoms with Crippen molar-refractivity contribution < 1.29 is 9.90 Å². The van der Waals surface area contributed by atoms with Crippen molar-refractivity contribution >= 4 is 17.7 Å². The first-order valence-corrected chi connectivity index (χ1v) is 7.89. The van der Waals surface area contributed by atoms with E-state index in [0.29, 0.717) is 12.3 Å². The summed E-state index contributed by atoms with van der Waals surface area (Å²) in [5.41, 5.74) is 0. The Kier molecular flexibility index (Phi) is 7.69. The van der Waals surface area contributed by atoms with E-state index in [0.717, 1.165) is 6.42 Å². The Morgan fingerprint density at radius 3 is 2.71 bits per heavy atom. The molecule has 0 bridgehead atoms. The second kappa shape index (κ2) is 8.81. The van der Waals surface area contributed by atoms with Crippen molar-refractivity contribution in [3.8, 4) is 0 Å². The summed E-state index contributed by atoms with van der Waals surface area (Å²) in [6, 6.07) is 0. The van der Waals surface area contributed by atoms with E-state index in [4.69, 9.17) is 5.11 Å². The molecular formula is C13H25NO2S. The molecule has 17 heavy (non-hydrogen) atoms. The number of carboxylic acids is 1. The normalized spacial score (nSPS) is 18.4. The van der Waals surface area contributed by atoms with Crippen LogP contribution in [0.4, 0.5) is 0 Å². The standard InChI is InChI=1S/C13H25NO2S/c1-2-17-11-3-8-14-9-6-12(7-10-14)4-5-13(15)16/h12H,2-11H2,1H3,(H,15,16). The van der Waals surface area contributed by atoms with E-state index in [1.165, 1.54) is 50.4 Å². The summed E-state index contributed by atoms with van der Waals surface area (Å²) in [5, 5.41) is 8.65. The number of carboxylic acid groups (broad SMARTS) is 1. The van der Waals surface area contributed by atoms with Crippen LogP contribution >= 0.6 is 11.8 Å². The monoisotopic (exact) mass is 259 g/mol. The van der Waals surface area contributed by atoms with Gasteiger partial charge in [-0.1, -0.05) is 6.92 Å². The summed E-state index contributed by atoms with van der Waals surface area (Å²) in [6.07, 6.45) is 4.88. The molecule has 1 aliphatic rings. The molecule has 0 aromatic heterocycles. The Bertz CT molecular complexity index is 215. The predicted octanol–water partition coefficient (Wildman–Crippen LogP) is 2.71. The molecule has 1 heterocycles. The van der Waals surface area contributed by atoms with Gasteiger partial charge in [0.25, 0.3) is 0 Å². The average molecular weight is 259 g/mol. The number of rotatable bonds is 8. The van der Waals surface area contributed by atoms with Crippen molar-refractivity contribution in [2.75, 3.05) is 31.1 Å². The summed E-state index contributed by atoms with van der Waals surface area (Å²) in [4.78, 5) is 13.0. The van der Waals surface area contributed by atoms with Crippen LogP contribution in [0.1, 0.15) is 39.0 Å². The van der Waals surface area contributed by atoms with Crippen molar-refractivity contribution in [1.29, 1.82) is 0 Å². The van der Waals surface area contributed by atoms with Gasteiger partial charge in [-0.05, 0) is 62.7 Å². The zero-order chi connectivity index (χ0) is 12.5. The highest BCUT2D eigenvalue weighted by molar-refractivity contribution is 7.99. The van der Waals surface area contributed by atoms with Gasteiger partial charge >= 0.3 is 5.97 Å². The second-order valence-corrected chi connectivity index (χ2v) is 6.16. The zero-order valence-corrected chi connectivity index (χ0v) is 11.7. The van der Waals surface area contributed by atoms with Gasteiger partial charge in [0.1, 0.15) is 0 Å². The molecule has 4 heteroatoms. The largest absolute Gasteiger partial charge is 0.481 e. The van der Waals surface area contributed by atoms with Crippen molar-refractivity contribution in [2.45, 2.75) is 39.0 Å². The molecule has 100 valence electrons. The molecule has 0 unspecified atom stereocenters. The van der Waals surface area contributed by atoms with Gasteiger partial charge in [0.05, 0.1) is 0 Å². The minimum atomic E-state index is -0.649. The molecule has 1 rings (SSSR count). The molecular weight excluding hydrogens is 234 g/mol. The van der Waals surface area contributed by atoms with Gasteiger partial charge in [0.15, 0.2) is 0 Å². The van der Waals surface area contributed by atoms with Crippen LogP contribution in [0.2, 0.25) is 0 Å². The van der Waals surface area contributed by atoms with Gasteiger partial charge in [-0.2, -0.15) is 11.8 Å². The molecule has 0 aromatic rings. The number of hydrogen-bond donors (Lipinski definition) is 1. The minimum Gasteiger partial charge on any atom is -0.481 e. The third kappa shape index (κ3) is 6.94. The first kappa shape index (κ1) is 14.8. The fourth-order valence-electron chi connectivity index (χ4n) is 2.36. The first-order valence-electron chi connectivity index (χ1n) is 6.74. The van der Waals surface area contributed by atoms with Crippen LogP contribution in [0.25, 0.3) is 0 Å². The molecule has 1 N–H and O–H groups in total. The summed E-state index contributed by atoms with van der Waals surface area (Å²) in [5.74, 6) is 2.49. The summed E-state index contributed by atoms with van der Waals surface area (Å²) >= 11 is 2.02. The Morgan fingerprint density at radius 2 is 2.12 bits per heavy atom. The van der Waals surface area contributed by atoms with Crippen LogP contribution in [0.15, 0.2) is 0 Å². The number of likely N-dealkylation sites (tertiary alicyclic amines) is 1. The predicted molar refractivity (Wildman–Crippen MR) is 73.6 cm³/mol. The van der Waals surface area contributed by atoms with Gasteiger partial charge < -0.3 is 10.0 Å². The van der Waals surface area contributed by atoms with Crippen molar-refractivity contribution in [3.63, 3.8) is 0 Å². The molecule has 3 nitrogen and oxygen atoms in total. The maximum atomic E-state index is 10.5. The van der Waals surface area contributed by atoms with Crippen LogP contribution < -0.4 is 0 Å². The van der Waals surface area contributed by atoms with E-state index in [9.17, 15) is 4.79 Å². The smallest absolute Gasteiger partial charge is 0.303 e. The molecule has 0 radical (unpaired) electrons. The molecule has 0 aromatic carbocycles. The Hall–Kier alpha value is -0.220. The zero-order valence-electron chi connectivity index (χ0n) is 10.9. The van der Waals surface area contributed by atoms with Gasteiger partial charge in [0.2, 0.25) is 0 Å². The lowest BCUT2D eigenvalue weighted by Gasteiger charge is -2.31. The number of thioether (sulfide) groups is 1. The van der Waals surface area contributed by atoms with Crippen LogP contribution in [0.3, 0.4) is 0 Å². The molecule has 0 saturated carbocycles. The minimum absolute atomic E-state index is 0.345. The molecule has 1 saturated heterocycles. The van der Waals surface area contributed by atoms with Gasteiger partial charge in [-0.15, -0.1) is 0 Å². The van der Waals surface area contributed by atoms with Gasteiger partial charge in [0, 0.05) is 6.42 Å². The Morgan fingerprint density at radius 1 is 1.41 bits per heavy atom. The third-order valence-electron chi connectivity index (χ3n) is 3.44. The van der Waals surface area contributed by atoms with Crippen LogP contribution in [-0.4, -0.2) is 47.1 Å². The molecule has 0 spiro atoms. The average Bonchev–Trinajstić information content (AvgIpc) is 2.33. The topological polar surface area (TPSA) is 40.5 Å². The first-order chi connectivity index (χ1) is 8.22. The van der Waals surface area contributed by atoms with Crippen molar-refractivity contribution in [2.24, 2.45) is 5.92 Å². The highest BCUT2D eigenvalue weighted by Crippen LogP contribution is 2.22. The van der Waals surface area contributed by atoms with E-state index in [1.807, 2.05) is 11.8 Å². The summed E-state index contributed by atoms with van der Waals surface area (Å²) in [7, 11) is 0. The fraction of sp³-hybridized carbons (Fsp3) is 0.923. The van der Waals surface area contributed by atoms with E-state index < -0.39 is 5.97 Å². The fourth-order valence-corrected chi connectivity index (χ4v) is 2.98. The third-order valence-corrected chi connectivity index (χ3v) is 4.43. The van der Waals surface area contributed by atoms with Crippen molar-refractivity contribution in [3.05, 3.63) is 0 Å². The maximum Gasteiger partial charge on any atom is 0.303 e. The molecule has 1 fully saturated rings. The van der Waals surface area contributed by atoms with E-state index >= 15 is 0 Å². The summed E-state index contributed by atoms with van der Waals surface area (Å²) < 4.78 is 0. The number of aliphatic carboxylic acids is 1. The Balaban J connectivity index is 2.03. The molecule has 0 amide bonds. The molecule has 1 aliphatic heterocycles. The second-order valence-electron chi connectivity index (χ2n) is 4.77. The van der Waals surface area contributed by atoms with E-state index in [2.05, 4.69) is 11.8 Å². The maximum absolute atomic E-state index is 10.5. The molecule has 0 aliphatic carbocycles. The van der Waals surface area contributed by atoms with Crippen LogP contribution in [0.5, 0.6) is 0 Å². The highest BCUT2D eigenvalue weighted by Gasteiger charge is 2.19. The molecule has 0 atom stereocenters. The number of carbonyl (C=O) groups is 1. The van der Waals surface area contributed by atoms with Crippen LogP contribution in [-0.2, 0) is 4.79 Å². The number of nitrogens with zero attached hydrogens (tertiary/aromatic N) is 1. The highest BCUT2D eigenvalue weighted by atomic mass is 32.2. The van der Waals surface area contributed by atoms with E-state index in [1.54, 1.807) is 0 Å². The van der Waals surface area contributed by atoms with Gasteiger partial charge in [-0.25, -0.2) is 0 Å². The van der Waals surface area contributed by atoms with Crippen LogP contribution in [0, 0.1) is 5.92 Å². The number of hydrogen-bond acceptors (Lipinski definition) is 3. The van der Waals surface area contributed by atoms with E-state index in [-0.39, 0.29) is 0 Å². The SMILES string of the molecule is CCSCCCN1CCC(CCC(=O)O)CC1. The van der Waals surface area contributed by atoms with Crippen molar-refractivity contribution in [1.82, 2.24) is 4.90 Å². The lowest BCUT2D eigenvalue weighted by molar-refractivity contribution is -0.137. The quantitative estimate of drug-likeness (QED) is 0.680. The Labute approximate surface area is 109 Å². The summed E-state index contributed by atoms with van der Waals surface area (Å²) in [6.45, 7) is 5.76. The lowest BCUT2D eigenvalue weighted by Crippen LogP contribution is -2.34. The number of piperidine rings is 1. The van der Waals surface area contributed by atoms with Gasteiger partial charge in [-0.3, -0.25) is 4.79 Å².